The Balaban J connectivity index is 0.00000242. The minimum absolute atomic E-state index is 0. The molecule has 1 fully saturated rings. The SMILES string of the molecule is Cl.O=C(CNCC1CC1)Nc1cccc(Cl)c1SCC(F)F. The van der Waals surface area contributed by atoms with Crippen molar-refractivity contribution < 1.29 is 13.6 Å². The molecule has 0 saturated heterocycles. The maximum Gasteiger partial charge on any atom is 0.247 e. The lowest BCUT2D eigenvalue weighted by Crippen LogP contribution is -2.29. The van der Waals surface area contributed by atoms with Gasteiger partial charge in [0.15, 0.2) is 0 Å². The molecule has 0 bridgehead atoms. The molecule has 1 aromatic carbocycles. The van der Waals surface area contributed by atoms with E-state index in [2.05, 4.69) is 10.6 Å². The highest BCUT2D eigenvalue weighted by Gasteiger charge is 2.20. The minimum atomic E-state index is -2.42. The average molecular weight is 371 g/mol. The van der Waals surface area contributed by atoms with Crippen molar-refractivity contribution in [1.29, 1.82) is 0 Å². The van der Waals surface area contributed by atoms with Gasteiger partial charge in [-0.05, 0) is 37.4 Å². The molecule has 1 saturated carbocycles. The molecule has 1 aliphatic rings. The van der Waals surface area contributed by atoms with Gasteiger partial charge in [-0.2, -0.15) is 0 Å². The number of thioether (sulfide) groups is 1. The smallest absolute Gasteiger partial charge is 0.247 e. The van der Waals surface area contributed by atoms with Crippen LogP contribution >= 0.6 is 35.8 Å². The molecule has 0 aromatic heterocycles. The number of nitrogens with one attached hydrogen (secondary N) is 2. The molecule has 2 N–H and O–H groups in total. The third kappa shape index (κ3) is 6.69. The number of amides is 1. The number of halogens is 4. The van der Waals surface area contributed by atoms with Crippen LogP contribution in [0.3, 0.4) is 0 Å². The van der Waals surface area contributed by atoms with Gasteiger partial charge in [-0.25, -0.2) is 8.78 Å². The fourth-order valence-electron chi connectivity index (χ4n) is 1.81. The Bertz CT molecular complexity index is 502. The van der Waals surface area contributed by atoms with E-state index in [-0.39, 0.29) is 30.6 Å². The van der Waals surface area contributed by atoms with E-state index in [0.29, 0.717) is 21.5 Å². The van der Waals surface area contributed by atoms with E-state index < -0.39 is 6.43 Å². The molecule has 0 spiro atoms. The van der Waals surface area contributed by atoms with Gasteiger partial charge in [-0.1, -0.05) is 17.7 Å². The average Bonchev–Trinajstić information content (AvgIpc) is 3.22. The summed E-state index contributed by atoms with van der Waals surface area (Å²) in [5, 5.41) is 6.16. The van der Waals surface area contributed by atoms with Crippen molar-refractivity contribution in [2.45, 2.75) is 24.2 Å². The largest absolute Gasteiger partial charge is 0.324 e. The van der Waals surface area contributed by atoms with Gasteiger partial charge < -0.3 is 10.6 Å². The summed E-state index contributed by atoms with van der Waals surface area (Å²) in [6.07, 6.45) is 0.0179. The molecule has 1 amide bonds. The number of rotatable bonds is 8. The monoisotopic (exact) mass is 370 g/mol. The van der Waals surface area contributed by atoms with Crippen LogP contribution in [0, 0.1) is 5.92 Å². The molecule has 0 unspecified atom stereocenters. The summed E-state index contributed by atoms with van der Waals surface area (Å²) in [5.74, 6) is 0.143. The number of alkyl halides is 2. The van der Waals surface area contributed by atoms with E-state index in [1.54, 1.807) is 18.2 Å². The Hall–Kier alpha value is -0.560. The Morgan fingerprint density at radius 1 is 1.41 bits per heavy atom. The van der Waals surface area contributed by atoms with Gasteiger partial charge >= 0.3 is 0 Å². The summed E-state index contributed by atoms with van der Waals surface area (Å²) in [5.41, 5.74) is 0.478. The zero-order valence-electron chi connectivity index (χ0n) is 11.8. The fourth-order valence-corrected chi connectivity index (χ4v) is 2.92. The predicted octanol–water partition coefficient (Wildman–Crippen LogP) is 4.06. The number of hydrogen-bond donors (Lipinski definition) is 2. The van der Waals surface area contributed by atoms with Crippen LogP contribution in [0.15, 0.2) is 23.1 Å². The zero-order valence-corrected chi connectivity index (χ0v) is 14.2. The van der Waals surface area contributed by atoms with Crippen LogP contribution in [0.1, 0.15) is 12.8 Å². The van der Waals surface area contributed by atoms with Crippen molar-refractivity contribution in [3.8, 4) is 0 Å². The first-order valence-corrected chi connectivity index (χ1v) is 8.12. The van der Waals surface area contributed by atoms with Crippen LogP contribution in [0.2, 0.25) is 5.02 Å². The lowest BCUT2D eigenvalue weighted by atomic mass is 10.3. The molecule has 0 atom stereocenters. The summed E-state index contributed by atoms with van der Waals surface area (Å²) in [6.45, 7) is 1.05. The lowest BCUT2D eigenvalue weighted by molar-refractivity contribution is -0.115. The molecule has 0 aliphatic heterocycles. The number of benzene rings is 1. The number of carbonyl (C=O) groups is 1. The van der Waals surface area contributed by atoms with E-state index in [0.717, 1.165) is 18.3 Å². The van der Waals surface area contributed by atoms with Crippen molar-refractivity contribution in [3.05, 3.63) is 23.2 Å². The van der Waals surface area contributed by atoms with Gasteiger partial charge in [0, 0.05) is 4.90 Å². The molecule has 2 rings (SSSR count). The van der Waals surface area contributed by atoms with Gasteiger partial charge in [-0.15, -0.1) is 24.2 Å². The van der Waals surface area contributed by atoms with Crippen LogP contribution < -0.4 is 10.6 Å². The topological polar surface area (TPSA) is 41.1 Å². The highest BCUT2D eigenvalue weighted by molar-refractivity contribution is 7.99. The number of carbonyl (C=O) groups excluding carboxylic acids is 1. The molecule has 1 aliphatic carbocycles. The molecule has 8 heteroatoms. The summed E-state index contributed by atoms with van der Waals surface area (Å²) in [4.78, 5) is 12.3. The first-order valence-electron chi connectivity index (χ1n) is 6.76. The van der Waals surface area contributed by atoms with Gasteiger partial charge in [0.2, 0.25) is 12.3 Å². The molecule has 0 heterocycles. The van der Waals surface area contributed by atoms with Gasteiger partial charge in [0.1, 0.15) is 0 Å². The number of anilines is 1. The second-order valence-electron chi connectivity index (χ2n) is 4.94. The van der Waals surface area contributed by atoms with Crippen LogP contribution in [0.5, 0.6) is 0 Å². The Morgan fingerprint density at radius 3 is 2.77 bits per heavy atom. The molecule has 124 valence electrons. The predicted molar refractivity (Wildman–Crippen MR) is 89.7 cm³/mol. The molecular weight excluding hydrogens is 353 g/mol. The molecule has 0 radical (unpaired) electrons. The zero-order chi connectivity index (χ0) is 15.2. The van der Waals surface area contributed by atoms with Crippen molar-refractivity contribution in [1.82, 2.24) is 5.32 Å². The fraction of sp³-hybridized carbons (Fsp3) is 0.500. The number of hydrogen-bond acceptors (Lipinski definition) is 3. The normalized spacial score (nSPS) is 13.8. The lowest BCUT2D eigenvalue weighted by Gasteiger charge is -2.12. The van der Waals surface area contributed by atoms with Crippen LogP contribution in [-0.4, -0.2) is 31.2 Å². The molecule has 1 aromatic rings. The third-order valence-corrected chi connectivity index (χ3v) is 4.58. The molecule has 3 nitrogen and oxygen atoms in total. The Labute approximate surface area is 144 Å². The second-order valence-corrected chi connectivity index (χ2v) is 6.38. The van der Waals surface area contributed by atoms with E-state index >= 15 is 0 Å². The molecular formula is C14H18Cl2F2N2OS. The van der Waals surface area contributed by atoms with Crippen LogP contribution in [0.4, 0.5) is 14.5 Å². The Kier molecular flexibility index (Phi) is 8.46. The summed E-state index contributed by atoms with van der Waals surface area (Å²) >= 11 is 6.96. The highest BCUT2D eigenvalue weighted by atomic mass is 35.5. The van der Waals surface area contributed by atoms with Crippen molar-refractivity contribution in [3.63, 3.8) is 0 Å². The summed E-state index contributed by atoms with van der Waals surface area (Å²) < 4.78 is 24.7. The van der Waals surface area contributed by atoms with Crippen LogP contribution in [0.25, 0.3) is 0 Å². The quantitative estimate of drug-likeness (QED) is 0.678. The minimum Gasteiger partial charge on any atom is -0.324 e. The van der Waals surface area contributed by atoms with Gasteiger partial charge in [-0.3, -0.25) is 4.79 Å². The van der Waals surface area contributed by atoms with Crippen molar-refractivity contribution in [2.75, 3.05) is 24.2 Å². The van der Waals surface area contributed by atoms with Gasteiger partial charge in [0.05, 0.1) is 23.0 Å². The van der Waals surface area contributed by atoms with E-state index in [1.807, 2.05) is 0 Å². The maximum absolute atomic E-state index is 12.3. The van der Waals surface area contributed by atoms with Crippen LogP contribution in [-0.2, 0) is 4.79 Å². The van der Waals surface area contributed by atoms with Gasteiger partial charge in [0.25, 0.3) is 0 Å². The van der Waals surface area contributed by atoms with Crippen molar-refractivity contribution >= 4 is 47.4 Å². The standard InChI is InChI=1S/C14H17ClF2N2OS.ClH/c15-10-2-1-3-11(14(10)21-8-12(16)17)19-13(20)7-18-6-9-4-5-9;/h1-3,9,12,18H,4-8H2,(H,19,20);1H. The van der Waals surface area contributed by atoms with E-state index in [1.165, 1.54) is 12.8 Å². The summed E-state index contributed by atoms with van der Waals surface area (Å²) in [7, 11) is 0. The third-order valence-electron chi connectivity index (χ3n) is 3.01. The van der Waals surface area contributed by atoms with Crippen molar-refractivity contribution in [2.24, 2.45) is 5.92 Å². The first-order chi connectivity index (χ1) is 10.1. The molecule has 22 heavy (non-hydrogen) atoms. The maximum atomic E-state index is 12.3. The second kappa shape index (κ2) is 9.55. The summed E-state index contributed by atoms with van der Waals surface area (Å²) in [6, 6.07) is 4.97. The highest BCUT2D eigenvalue weighted by Crippen LogP contribution is 2.35. The van der Waals surface area contributed by atoms with E-state index in [4.69, 9.17) is 11.6 Å². The Morgan fingerprint density at radius 2 is 2.14 bits per heavy atom. The van der Waals surface area contributed by atoms with E-state index in [9.17, 15) is 13.6 Å². The first kappa shape index (κ1) is 19.5.